The monoisotopic (exact) mass is 372 g/mol. The number of hydrogen-bond donors (Lipinski definition) is 1. The molecular formula is C19H20N2O4S. The Morgan fingerprint density at radius 1 is 1.50 bits per heavy atom. The number of H-pyrrole nitrogens is 1. The summed E-state index contributed by atoms with van der Waals surface area (Å²) in [6.07, 6.45) is 3.80. The molecule has 26 heavy (non-hydrogen) atoms. The number of aryl methyl sites for hydroxylation is 2. The number of furan rings is 1. The quantitative estimate of drug-likeness (QED) is 0.704. The standard InChI is InChI=1S/C19H20N2O4S/c1-9-4-5-13-14(8-9)26-18-15(13)17(22)20-16(21-18)11(3)25-19(23)12-6-7-24-10(12)2/h6-7,9,11H,4-5,8H2,1-3H3,(H,20,21,22)/t9-,11+/m0/s1. The Kier molecular flexibility index (Phi) is 4.19. The van der Waals surface area contributed by atoms with Gasteiger partial charge in [0.05, 0.1) is 11.6 Å². The molecule has 0 aromatic carbocycles. The molecule has 0 bridgehead atoms. The first-order valence-corrected chi connectivity index (χ1v) is 9.55. The van der Waals surface area contributed by atoms with Gasteiger partial charge in [-0.15, -0.1) is 11.3 Å². The molecule has 0 unspecified atom stereocenters. The van der Waals surface area contributed by atoms with Gasteiger partial charge in [0.25, 0.3) is 5.56 Å². The summed E-state index contributed by atoms with van der Waals surface area (Å²) >= 11 is 1.58. The first kappa shape index (κ1) is 17.0. The molecule has 0 spiro atoms. The van der Waals surface area contributed by atoms with Crippen molar-refractivity contribution in [2.45, 2.75) is 46.1 Å². The summed E-state index contributed by atoms with van der Waals surface area (Å²) in [5, 5.41) is 0.699. The molecule has 136 valence electrons. The third-order valence-electron chi connectivity index (χ3n) is 4.93. The van der Waals surface area contributed by atoms with Crippen LogP contribution < -0.4 is 5.56 Å². The number of nitrogens with one attached hydrogen (secondary N) is 1. The number of aromatic nitrogens is 2. The second-order valence-corrected chi connectivity index (χ2v) is 8.00. The van der Waals surface area contributed by atoms with Crippen molar-refractivity contribution in [3.05, 3.63) is 50.3 Å². The molecule has 1 aliphatic rings. The number of rotatable bonds is 3. The highest BCUT2D eigenvalue weighted by Gasteiger charge is 2.25. The average Bonchev–Trinajstić information content (AvgIpc) is 3.17. The van der Waals surface area contributed by atoms with Gasteiger partial charge in [0.2, 0.25) is 0 Å². The van der Waals surface area contributed by atoms with E-state index in [2.05, 4.69) is 16.9 Å². The molecule has 3 aromatic rings. The third kappa shape index (κ3) is 2.86. The molecule has 4 rings (SSSR count). The molecule has 1 aliphatic carbocycles. The van der Waals surface area contributed by atoms with Gasteiger partial charge in [0.15, 0.2) is 11.9 Å². The van der Waals surface area contributed by atoms with Gasteiger partial charge in [-0.1, -0.05) is 6.92 Å². The van der Waals surface area contributed by atoms with E-state index in [0.29, 0.717) is 28.5 Å². The summed E-state index contributed by atoms with van der Waals surface area (Å²) in [4.78, 5) is 34.3. The zero-order valence-corrected chi connectivity index (χ0v) is 15.7. The van der Waals surface area contributed by atoms with E-state index in [1.54, 1.807) is 31.3 Å². The van der Waals surface area contributed by atoms with E-state index in [-0.39, 0.29) is 5.56 Å². The maximum atomic E-state index is 12.6. The Balaban J connectivity index is 1.66. The van der Waals surface area contributed by atoms with Crippen LogP contribution in [0.2, 0.25) is 0 Å². The zero-order valence-electron chi connectivity index (χ0n) is 14.9. The largest absolute Gasteiger partial charge is 0.469 e. The summed E-state index contributed by atoms with van der Waals surface area (Å²) in [6, 6.07) is 1.57. The molecular weight excluding hydrogens is 352 g/mol. The fourth-order valence-corrected chi connectivity index (χ4v) is 4.83. The Hall–Kier alpha value is -2.41. The molecule has 1 N–H and O–H groups in total. The van der Waals surface area contributed by atoms with E-state index in [0.717, 1.165) is 29.7 Å². The minimum atomic E-state index is -0.660. The first-order valence-electron chi connectivity index (χ1n) is 8.73. The highest BCUT2D eigenvalue weighted by molar-refractivity contribution is 7.18. The van der Waals surface area contributed by atoms with Crippen LogP contribution in [-0.2, 0) is 17.6 Å². The molecule has 0 fully saturated rings. The van der Waals surface area contributed by atoms with Gasteiger partial charge in [-0.2, -0.15) is 0 Å². The molecule has 3 heterocycles. The van der Waals surface area contributed by atoms with Crippen LogP contribution in [0.25, 0.3) is 10.2 Å². The number of esters is 1. The summed E-state index contributed by atoms with van der Waals surface area (Å²) in [6.45, 7) is 5.63. The number of carbonyl (C=O) groups excluding carboxylic acids is 1. The van der Waals surface area contributed by atoms with Gasteiger partial charge < -0.3 is 14.1 Å². The molecule has 0 aliphatic heterocycles. The maximum absolute atomic E-state index is 12.6. The van der Waals surface area contributed by atoms with Crippen LogP contribution in [-0.4, -0.2) is 15.9 Å². The van der Waals surface area contributed by atoms with Gasteiger partial charge in [-0.3, -0.25) is 4.79 Å². The van der Waals surface area contributed by atoms with Crippen molar-refractivity contribution in [1.29, 1.82) is 0 Å². The topological polar surface area (TPSA) is 85.2 Å². The van der Waals surface area contributed by atoms with Crippen molar-refractivity contribution in [1.82, 2.24) is 9.97 Å². The summed E-state index contributed by atoms with van der Waals surface area (Å²) in [5.74, 6) is 1.00. The molecule has 3 aromatic heterocycles. The fourth-order valence-electron chi connectivity index (χ4n) is 3.43. The van der Waals surface area contributed by atoms with Crippen LogP contribution in [0.15, 0.2) is 21.5 Å². The number of ether oxygens (including phenoxy) is 1. The van der Waals surface area contributed by atoms with Gasteiger partial charge >= 0.3 is 5.97 Å². The number of aromatic amines is 1. The van der Waals surface area contributed by atoms with Crippen molar-refractivity contribution >= 4 is 27.5 Å². The van der Waals surface area contributed by atoms with Crippen LogP contribution >= 0.6 is 11.3 Å². The van der Waals surface area contributed by atoms with Crippen LogP contribution in [0.1, 0.15) is 58.8 Å². The molecule has 0 saturated carbocycles. The third-order valence-corrected chi connectivity index (χ3v) is 6.08. The van der Waals surface area contributed by atoms with E-state index in [1.807, 2.05) is 0 Å². The van der Waals surface area contributed by atoms with E-state index in [4.69, 9.17) is 9.15 Å². The number of hydrogen-bond acceptors (Lipinski definition) is 6. The highest BCUT2D eigenvalue weighted by atomic mass is 32.1. The van der Waals surface area contributed by atoms with E-state index in [9.17, 15) is 9.59 Å². The number of nitrogens with zero attached hydrogens (tertiary/aromatic N) is 1. The predicted molar refractivity (Wildman–Crippen MR) is 98.7 cm³/mol. The lowest BCUT2D eigenvalue weighted by Gasteiger charge is -2.17. The molecule has 0 radical (unpaired) electrons. The average molecular weight is 372 g/mol. The Bertz CT molecular complexity index is 1050. The Morgan fingerprint density at radius 3 is 3.04 bits per heavy atom. The van der Waals surface area contributed by atoms with Gasteiger partial charge in [-0.25, -0.2) is 9.78 Å². The normalized spacial score (nSPS) is 17.9. The lowest BCUT2D eigenvalue weighted by atomic mass is 9.89. The van der Waals surface area contributed by atoms with Crippen molar-refractivity contribution in [2.24, 2.45) is 5.92 Å². The maximum Gasteiger partial charge on any atom is 0.342 e. The fraction of sp³-hybridized carbons (Fsp3) is 0.421. The van der Waals surface area contributed by atoms with Crippen LogP contribution in [0.3, 0.4) is 0 Å². The Labute approximate surface area is 154 Å². The van der Waals surface area contributed by atoms with E-state index in [1.165, 1.54) is 11.1 Å². The number of carbonyl (C=O) groups is 1. The Morgan fingerprint density at radius 2 is 2.31 bits per heavy atom. The zero-order chi connectivity index (χ0) is 18.4. The molecule has 0 saturated heterocycles. The molecule has 2 atom stereocenters. The summed E-state index contributed by atoms with van der Waals surface area (Å²) < 4.78 is 10.6. The van der Waals surface area contributed by atoms with Crippen molar-refractivity contribution in [2.75, 3.05) is 0 Å². The van der Waals surface area contributed by atoms with Gasteiger partial charge in [0.1, 0.15) is 16.2 Å². The van der Waals surface area contributed by atoms with Crippen molar-refractivity contribution in [3.8, 4) is 0 Å². The first-order chi connectivity index (χ1) is 12.4. The van der Waals surface area contributed by atoms with Crippen LogP contribution in [0.4, 0.5) is 0 Å². The molecule has 0 amide bonds. The summed E-state index contributed by atoms with van der Waals surface area (Å²) in [7, 11) is 0. The van der Waals surface area contributed by atoms with E-state index >= 15 is 0 Å². The lowest BCUT2D eigenvalue weighted by Crippen LogP contribution is -2.18. The van der Waals surface area contributed by atoms with Crippen molar-refractivity contribution < 1.29 is 13.9 Å². The minimum absolute atomic E-state index is 0.153. The molecule has 6 nitrogen and oxygen atoms in total. The smallest absolute Gasteiger partial charge is 0.342 e. The number of fused-ring (bicyclic) bond motifs is 3. The van der Waals surface area contributed by atoms with Crippen LogP contribution in [0, 0.1) is 12.8 Å². The highest BCUT2D eigenvalue weighted by Crippen LogP contribution is 2.36. The summed E-state index contributed by atoms with van der Waals surface area (Å²) in [5.41, 5.74) is 1.36. The van der Waals surface area contributed by atoms with Crippen LogP contribution in [0.5, 0.6) is 0 Å². The van der Waals surface area contributed by atoms with E-state index < -0.39 is 12.1 Å². The second kappa shape index (κ2) is 6.39. The van der Waals surface area contributed by atoms with Gasteiger partial charge in [-0.05, 0) is 50.7 Å². The lowest BCUT2D eigenvalue weighted by molar-refractivity contribution is 0.0318. The minimum Gasteiger partial charge on any atom is -0.469 e. The molecule has 7 heteroatoms. The SMILES string of the molecule is Cc1occc1C(=O)O[C@H](C)c1nc2sc3c(c2c(=O)[nH]1)CC[C@H](C)C3. The van der Waals surface area contributed by atoms with Gasteiger partial charge in [0, 0.05) is 4.88 Å². The van der Waals surface area contributed by atoms with Crippen molar-refractivity contribution in [3.63, 3.8) is 0 Å². The number of thiophene rings is 1. The predicted octanol–water partition coefficient (Wildman–Crippen LogP) is 3.93. The second-order valence-electron chi connectivity index (χ2n) is 6.92.